The highest BCUT2D eigenvalue weighted by atomic mass is 32.2. The van der Waals surface area contributed by atoms with Gasteiger partial charge in [0.15, 0.2) is 0 Å². The highest BCUT2D eigenvalue weighted by Gasteiger charge is 2.26. The van der Waals surface area contributed by atoms with Crippen LogP contribution in [-0.4, -0.2) is 49.8 Å². The van der Waals surface area contributed by atoms with Crippen LogP contribution < -0.4 is 10.0 Å². The molecule has 4 heterocycles. The van der Waals surface area contributed by atoms with Crippen LogP contribution in [-0.2, 0) is 21.2 Å². The summed E-state index contributed by atoms with van der Waals surface area (Å²) in [6, 6.07) is 1.63. The summed E-state index contributed by atoms with van der Waals surface area (Å²) in [5.74, 6) is -0.335. The zero-order valence-electron chi connectivity index (χ0n) is 18.2. The normalized spacial score (nSPS) is 11.5. The maximum Gasteiger partial charge on any atom is 0.343 e. The van der Waals surface area contributed by atoms with Crippen molar-refractivity contribution in [1.29, 1.82) is 5.26 Å². The first-order valence-electron chi connectivity index (χ1n) is 9.65. The smallest absolute Gasteiger partial charge is 0.343 e. The van der Waals surface area contributed by atoms with Crippen molar-refractivity contribution in [3.05, 3.63) is 48.5 Å². The van der Waals surface area contributed by atoms with Crippen molar-refractivity contribution in [2.24, 2.45) is 15.4 Å². The van der Waals surface area contributed by atoms with Gasteiger partial charge in [0, 0.05) is 13.3 Å². The molecule has 17 nitrogen and oxygen atoms in total. The molecule has 0 radical (unpaired) electrons. The quantitative estimate of drug-likeness (QED) is 0.145. The summed E-state index contributed by atoms with van der Waals surface area (Å²) >= 11 is 0. The van der Waals surface area contributed by atoms with Gasteiger partial charge in [-0.3, -0.25) is 4.79 Å². The lowest BCUT2D eigenvalue weighted by molar-refractivity contribution is -0.107. The molecule has 0 unspecified atom stereocenters. The van der Waals surface area contributed by atoms with Gasteiger partial charge < -0.3 is 8.83 Å². The summed E-state index contributed by atoms with van der Waals surface area (Å²) in [7, 11) is -4.52. The fraction of sp³-hybridized carbons (Fsp3) is 0.111. The third-order valence-electron chi connectivity index (χ3n) is 4.24. The largest absolute Gasteiger partial charge is 0.431 e. The van der Waals surface area contributed by atoms with Gasteiger partial charge in [0.05, 0.1) is 18.1 Å². The summed E-state index contributed by atoms with van der Waals surface area (Å²) in [4.78, 5) is 24.3. The van der Waals surface area contributed by atoms with Crippen molar-refractivity contribution in [3.63, 3.8) is 0 Å². The van der Waals surface area contributed by atoms with Gasteiger partial charge in [-0.2, -0.15) is 14.9 Å². The first kappa shape index (κ1) is 24.0. The van der Waals surface area contributed by atoms with Crippen LogP contribution in [0.25, 0.3) is 6.01 Å². The number of oxazole rings is 1. The average molecular weight is 510 g/mol. The molecular formula is C18H14N12O5S. The van der Waals surface area contributed by atoms with Crippen molar-refractivity contribution in [2.45, 2.75) is 18.4 Å². The van der Waals surface area contributed by atoms with Gasteiger partial charge in [0.1, 0.15) is 23.6 Å². The first-order valence-corrected chi connectivity index (χ1v) is 11.2. The average Bonchev–Trinajstić information content (AvgIpc) is 3.59. The SMILES string of the molecule is C=CCc1nc(N(C=O)c2ncco2)nc(S(N)(=O)=O)c1N=Nc1nn(-c2nnc(C)o2)cc1C#N. The molecule has 0 fully saturated rings. The van der Waals surface area contributed by atoms with E-state index in [1.165, 1.54) is 24.7 Å². The number of allylic oxidation sites excluding steroid dienone is 1. The molecule has 4 aromatic rings. The second-order valence-corrected chi connectivity index (χ2v) is 8.16. The lowest BCUT2D eigenvalue weighted by Crippen LogP contribution is -2.22. The molecule has 0 aliphatic heterocycles. The molecule has 0 bridgehead atoms. The number of amides is 1. The number of nitrogens with two attached hydrogens (primary N) is 1. The minimum atomic E-state index is -4.52. The van der Waals surface area contributed by atoms with Crippen LogP contribution in [0.4, 0.5) is 23.5 Å². The molecular weight excluding hydrogens is 496 g/mol. The highest BCUT2D eigenvalue weighted by molar-refractivity contribution is 7.89. The van der Waals surface area contributed by atoms with Gasteiger partial charge in [-0.25, -0.2) is 28.4 Å². The Labute approximate surface area is 201 Å². The number of hydrogen-bond acceptors (Lipinski definition) is 14. The van der Waals surface area contributed by atoms with Crippen LogP contribution in [0.1, 0.15) is 17.1 Å². The Balaban J connectivity index is 1.85. The lowest BCUT2D eigenvalue weighted by Gasteiger charge is -2.14. The minimum Gasteiger partial charge on any atom is -0.431 e. The van der Waals surface area contributed by atoms with Crippen molar-refractivity contribution >= 4 is 39.9 Å². The molecule has 4 aromatic heterocycles. The summed E-state index contributed by atoms with van der Waals surface area (Å²) in [5.41, 5.74) is -0.399. The Morgan fingerprint density at radius 2 is 2.14 bits per heavy atom. The number of nitriles is 1. The number of aryl methyl sites for hydroxylation is 1. The van der Waals surface area contributed by atoms with Crippen LogP contribution in [0.15, 0.2) is 55.4 Å². The Kier molecular flexibility index (Phi) is 6.40. The van der Waals surface area contributed by atoms with Crippen LogP contribution in [0, 0.1) is 18.3 Å². The fourth-order valence-corrected chi connectivity index (χ4v) is 3.39. The first-order chi connectivity index (χ1) is 17.2. The van der Waals surface area contributed by atoms with Gasteiger partial charge in [0.2, 0.25) is 29.1 Å². The summed E-state index contributed by atoms with van der Waals surface area (Å²) in [5, 5.41) is 33.4. The molecule has 1 amide bonds. The maximum absolute atomic E-state index is 12.4. The molecule has 182 valence electrons. The maximum atomic E-state index is 12.4. The van der Waals surface area contributed by atoms with Gasteiger partial charge in [-0.05, 0) is 0 Å². The monoisotopic (exact) mass is 510 g/mol. The Morgan fingerprint density at radius 1 is 1.33 bits per heavy atom. The fourth-order valence-electron chi connectivity index (χ4n) is 2.76. The number of sulfonamides is 1. The number of anilines is 2. The summed E-state index contributed by atoms with van der Waals surface area (Å²) in [6.45, 7) is 5.18. The van der Waals surface area contributed by atoms with E-state index >= 15 is 0 Å². The number of carbonyl (C=O) groups is 1. The van der Waals surface area contributed by atoms with E-state index < -0.39 is 21.0 Å². The van der Waals surface area contributed by atoms with Crippen LogP contribution >= 0.6 is 0 Å². The van der Waals surface area contributed by atoms with E-state index in [0.717, 1.165) is 9.58 Å². The van der Waals surface area contributed by atoms with E-state index in [2.05, 4.69) is 47.1 Å². The third kappa shape index (κ3) is 4.72. The van der Waals surface area contributed by atoms with Crippen molar-refractivity contribution in [2.75, 3.05) is 4.90 Å². The number of hydrogen-bond donors (Lipinski definition) is 1. The van der Waals surface area contributed by atoms with E-state index in [9.17, 15) is 18.5 Å². The summed E-state index contributed by atoms with van der Waals surface area (Å²) < 4.78 is 36.2. The summed E-state index contributed by atoms with van der Waals surface area (Å²) in [6.07, 6.45) is 5.39. The number of carbonyl (C=O) groups excluding carboxylic acids is 1. The van der Waals surface area contributed by atoms with E-state index in [1.54, 1.807) is 6.92 Å². The molecule has 2 N–H and O–H groups in total. The zero-order chi connectivity index (χ0) is 25.9. The van der Waals surface area contributed by atoms with E-state index in [-0.39, 0.29) is 53.5 Å². The number of rotatable bonds is 9. The Hall–Kier alpha value is -5.15. The zero-order valence-corrected chi connectivity index (χ0v) is 19.1. The predicted octanol–water partition coefficient (Wildman–Crippen LogP) is 1.30. The van der Waals surface area contributed by atoms with E-state index in [4.69, 9.17) is 14.0 Å². The van der Waals surface area contributed by atoms with Gasteiger partial charge >= 0.3 is 12.0 Å². The molecule has 0 spiro atoms. The molecule has 4 rings (SSSR count). The van der Waals surface area contributed by atoms with E-state index in [0.29, 0.717) is 0 Å². The second kappa shape index (κ2) is 9.61. The molecule has 0 aliphatic carbocycles. The van der Waals surface area contributed by atoms with Crippen molar-refractivity contribution < 1.29 is 22.0 Å². The van der Waals surface area contributed by atoms with Crippen molar-refractivity contribution in [1.82, 2.24) is 34.9 Å². The molecule has 18 heteroatoms. The lowest BCUT2D eigenvalue weighted by atomic mass is 10.2. The second-order valence-electron chi connectivity index (χ2n) is 6.68. The Bertz CT molecular complexity index is 1610. The van der Waals surface area contributed by atoms with Crippen LogP contribution in [0.5, 0.6) is 0 Å². The molecule has 0 aliphatic rings. The number of primary sulfonamides is 1. The highest BCUT2D eigenvalue weighted by Crippen LogP contribution is 2.32. The van der Waals surface area contributed by atoms with Crippen LogP contribution in [0.3, 0.4) is 0 Å². The van der Waals surface area contributed by atoms with Gasteiger partial charge in [0.25, 0.3) is 10.0 Å². The molecule has 36 heavy (non-hydrogen) atoms. The molecule has 0 saturated heterocycles. The molecule has 0 aromatic carbocycles. The van der Waals surface area contributed by atoms with E-state index in [1.807, 2.05) is 6.07 Å². The Morgan fingerprint density at radius 3 is 2.72 bits per heavy atom. The van der Waals surface area contributed by atoms with Crippen LogP contribution in [0.2, 0.25) is 0 Å². The number of nitrogens with zero attached hydrogens (tertiary/aromatic N) is 11. The topological polar surface area (TPSA) is 238 Å². The number of azo groups is 1. The molecule has 0 saturated carbocycles. The minimum absolute atomic E-state index is 0.00773. The third-order valence-corrected chi connectivity index (χ3v) is 5.06. The van der Waals surface area contributed by atoms with Gasteiger partial charge in [-0.15, -0.1) is 27.0 Å². The predicted molar refractivity (Wildman–Crippen MR) is 117 cm³/mol. The molecule has 0 atom stereocenters. The number of aromatic nitrogens is 7. The van der Waals surface area contributed by atoms with Crippen molar-refractivity contribution in [3.8, 4) is 12.1 Å². The van der Waals surface area contributed by atoms with Gasteiger partial charge in [-0.1, -0.05) is 11.2 Å². The standard InChI is InChI=1S/C18H14N12O5S/c1-3-4-12-13(25-26-14-11(7-19)8-30(28-14)18-27-24-10(2)35-18)15(36(20,32)33)23-16(22-12)29(9-31)17-21-5-6-34-17/h3,5-6,8-9H,1,4H2,2H3,(H2,20,32,33).